The van der Waals surface area contributed by atoms with Crippen LogP contribution in [0.25, 0.3) is 0 Å². The van der Waals surface area contributed by atoms with Crippen molar-refractivity contribution in [1.29, 1.82) is 0 Å². The lowest BCUT2D eigenvalue weighted by molar-refractivity contribution is -0.0817. The van der Waals surface area contributed by atoms with E-state index in [1.807, 2.05) is 12.1 Å². The Kier molecular flexibility index (Phi) is 6.47. The first kappa shape index (κ1) is 17.9. The van der Waals surface area contributed by atoms with Gasteiger partial charge in [0.2, 0.25) is 5.88 Å². The number of methoxy groups -OCH3 is 1. The maximum Gasteiger partial charge on any atom is 0.218 e. The van der Waals surface area contributed by atoms with E-state index in [-0.39, 0.29) is 12.2 Å². The Morgan fingerprint density at radius 3 is 3.04 bits per heavy atom. The lowest BCUT2D eigenvalue weighted by Crippen LogP contribution is -2.53. The highest BCUT2D eigenvalue weighted by molar-refractivity contribution is 5.80. The summed E-state index contributed by atoms with van der Waals surface area (Å²) >= 11 is 0. The van der Waals surface area contributed by atoms with Gasteiger partial charge < -0.3 is 24.4 Å². The number of morpholine rings is 1. The molecule has 0 saturated carbocycles. The molecule has 2 aliphatic rings. The van der Waals surface area contributed by atoms with Crippen LogP contribution in [-0.4, -0.2) is 68.0 Å². The van der Waals surface area contributed by atoms with Crippen LogP contribution >= 0.6 is 0 Å². The zero-order valence-corrected chi connectivity index (χ0v) is 15.1. The summed E-state index contributed by atoms with van der Waals surface area (Å²) < 4.78 is 17.1. The van der Waals surface area contributed by atoms with Crippen molar-refractivity contribution in [3.05, 3.63) is 23.9 Å². The molecule has 2 fully saturated rings. The molecule has 0 amide bonds. The van der Waals surface area contributed by atoms with E-state index in [0.717, 1.165) is 50.6 Å². The molecule has 1 aromatic heterocycles. The molecule has 3 heterocycles. The Bertz CT molecular complexity index is 575. The summed E-state index contributed by atoms with van der Waals surface area (Å²) in [5.41, 5.74) is 0.976. The van der Waals surface area contributed by atoms with Gasteiger partial charge in [0.25, 0.3) is 0 Å². The molecule has 0 aromatic carbocycles. The van der Waals surface area contributed by atoms with Crippen LogP contribution in [0.1, 0.15) is 25.3 Å². The molecule has 0 aliphatic carbocycles. The van der Waals surface area contributed by atoms with Gasteiger partial charge in [0.15, 0.2) is 5.96 Å². The number of aliphatic imine (C=N–C) groups is 1. The van der Waals surface area contributed by atoms with Crippen molar-refractivity contribution in [1.82, 2.24) is 15.2 Å². The molecule has 2 aliphatic heterocycles. The minimum absolute atomic E-state index is 0.119. The maximum absolute atomic E-state index is 5.94. The van der Waals surface area contributed by atoms with E-state index < -0.39 is 0 Å². The van der Waals surface area contributed by atoms with Crippen molar-refractivity contribution in [3.63, 3.8) is 0 Å². The third-order valence-corrected chi connectivity index (χ3v) is 4.55. The third kappa shape index (κ3) is 4.61. The Morgan fingerprint density at radius 1 is 1.40 bits per heavy atom. The Hall–Kier alpha value is -1.86. The predicted molar refractivity (Wildman–Crippen MR) is 95.9 cm³/mol. The molecule has 0 spiro atoms. The van der Waals surface area contributed by atoms with Gasteiger partial charge in [0.05, 0.1) is 26.4 Å². The SMILES string of the molecule is CCNC(=NCc1cccnc1OC)N1CCOC(C2CCCO2)C1. The van der Waals surface area contributed by atoms with Crippen LogP contribution < -0.4 is 10.1 Å². The molecule has 2 atom stereocenters. The fraction of sp³-hybridized carbons (Fsp3) is 0.667. The smallest absolute Gasteiger partial charge is 0.218 e. The van der Waals surface area contributed by atoms with Crippen molar-refractivity contribution < 1.29 is 14.2 Å². The average molecular weight is 348 g/mol. The number of rotatable bonds is 5. The number of aromatic nitrogens is 1. The highest BCUT2D eigenvalue weighted by atomic mass is 16.5. The number of pyridine rings is 1. The standard InChI is InChI=1S/C18H28N4O3/c1-3-19-18(21-12-14-6-4-8-20-17(14)23-2)22-9-11-25-16(13-22)15-7-5-10-24-15/h4,6,8,15-16H,3,5,7,9-13H2,1-2H3,(H,19,21). The van der Waals surface area contributed by atoms with E-state index in [2.05, 4.69) is 22.1 Å². The van der Waals surface area contributed by atoms with Gasteiger partial charge in [-0.3, -0.25) is 0 Å². The predicted octanol–water partition coefficient (Wildman–Crippen LogP) is 1.44. The average Bonchev–Trinajstić information content (AvgIpc) is 3.20. The summed E-state index contributed by atoms with van der Waals surface area (Å²) in [6.07, 6.45) is 4.27. The number of hydrogen-bond acceptors (Lipinski definition) is 5. The minimum atomic E-state index is 0.119. The van der Waals surface area contributed by atoms with Gasteiger partial charge >= 0.3 is 0 Å². The number of ether oxygens (including phenoxy) is 3. The van der Waals surface area contributed by atoms with E-state index in [0.29, 0.717) is 19.0 Å². The summed E-state index contributed by atoms with van der Waals surface area (Å²) in [4.78, 5) is 11.3. The highest BCUT2D eigenvalue weighted by Crippen LogP contribution is 2.21. The molecule has 7 nitrogen and oxygen atoms in total. The van der Waals surface area contributed by atoms with Gasteiger partial charge in [-0.05, 0) is 25.8 Å². The van der Waals surface area contributed by atoms with Gasteiger partial charge in [-0.25, -0.2) is 9.98 Å². The second-order valence-electron chi connectivity index (χ2n) is 6.25. The molecular weight excluding hydrogens is 320 g/mol. The molecule has 3 rings (SSSR count). The van der Waals surface area contributed by atoms with Crippen LogP contribution in [0.5, 0.6) is 5.88 Å². The summed E-state index contributed by atoms with van der Waals surface area (Å²) in [5.74, 6) is 1.53. The molecule has 25 heavy (non-hydrogen) atoms. The van der Waals surface area contributed by atoms with Crippen LogP contribution in [0, 0.1) is 0 Å². The molecule has 138 valence electrons. The second kappa shape index (κ2) is 9.01. The van der Waals surface area contributed by atoms with Gasteiger partial charge in [-0.15, -0.1) is 0 Å². The number of nitrogens with one attached hydrogen (secondary N) is 1. The van der Waals surface area contributed by atoms with Crippen LogP contribution in [-0.2, 0) is 16.0 Å². The fourth-order valence-corrected chi connectivity index (χ4v) is 3.30. The van der Waals surface area contributed by atoms with Crippen molar-refractivity contribution in [2.24, 2.45) is 4.99 Å². The first-order chi connectivity index (χ1) is 12.3. The molecule has 1 aromatic rings. The summed E-state index contributed by atoms with van der Waals surface area (Å²) in [5, 5.41) is 3.39. The van der Waals surface area contributed by atoms with E-state index in [1.165, 1.54) is 0 Å². The van der Waals surface area contributed by atoms with E-state index in [9.17, 15) is 0 Å². The fourth-order valence-electron chi connectivity index (χ4n) is 3.30. The molecule has 7 heteroatoms. The molecular formula is C18H28N4O3. The Labute approximate surface area is 149 Å². The largest absolute Gasteiger partial charge is 0.481 e. The van der Waals surface area contributed by atoms with Gasteiger partial charge in [0, 0.05) is 38.0 Å². The lowest BCUT2D eigenvalue weighted by atomic mass is 10.1. The van der Waals surface area contributed by atoms with Gasteiger partial charge in [-0.2, -0.15) is 0 Å². The Morgan fingerprint density at radius 2 is 2.28 bits per heavy atom. The first-order valence-electron chi connectivity index (χ1n) is 9.06. The first-order valence-corrected chi connectivity index (χ1v) is 9.06. The highest BCUT2D eigenvalue weighted by Gasteiger charge is 2.32. The van der Waals surface area contributed by atoms with Crippen molar-refractivity contribution in [2.75, 3.05) is 40.0 Å². The lowest BCUT2D eigenvalue weighted by Gasteiger charge is -2.37. The third-order valence-electron chi connectivity index (χ3n) is 4.55. The van der Waals surface area contributed by atoms with E-state index in [1.54, 1.807) is 13.3 Å². The normalized spacial score (nSPS) is 24.4. The summed E-state index contributed by atoms with van der Waals surface area (Å²) in [6.45, 7) is 6.62. The quantitative estimate of drug-likeness (QED) is 0.641. The van der Waals surface area contributed by atoms with Gasteiger partial charge in [0.1, 0.15) is 6.10 Å². The number of nitrogens with zero attached hydrogens (tertiary/aromatic N) is 3. The molecule has 2 saturated heterocycles. The maximum atomic E-state index is 5.94. The molecule has 0 bridgehead atoms. The molecule has 1 N–H and O–H groups in total. The Balaban J connectivity index is 1.68. The second-order valence-corrected chi connectivity index (χ2v) is 6.25. The monoisotopic (exact) mass is 348 g/mol. The van der Waals surface area contributed by atoms with E-state index in [4.69, 9.17) is 19.2 Å². The summed E-state index contributed by atoms with van der Waals surface area (Å²) in [6, 6.07) is 3.90. The van der Waals surface area contributed by atoms with Crippen LogP contribution in [0.2, 0.25) is 0 Å². The summed E-state index contributed by atoms with van der Waals surface area (Å²) in [7, 11) is 1.63. The zero-order chi connectivity index (χ0) is 17.5. The van der Waals surface area contributed by atoms with Crippen molar-refractivity contribution in [3.8, 4) is 5.88 Å². The van der Waals surface area contributed by atoms with Crippen molar-refractivity contribution in [2.45, 2.75) is 38.5 Å². The zero-order valence-electron chi connectivity index (χ0n) is 15.1. The minimum Gasteiger partial charge on any atom is -0.481 e. The van der Waals surface area contributed by atoms with E-state index >= 15 is 0 Å². The number of guanidine groups is 1. The van der Waals surface area contributed by atoms with Crippen LogP contribution in [0.4, 0.5) is 0 Å². The molecule has 0 radical (unpaired) electrons. The topological polar surface area (TPSA) is 68.2 Å². The van der Waals surface area contributed by atoms with Crippen LogP contribution in [0.3, 0.4) is 0 Å². The van der Waals surface area contributed by atoms with Gasteiger partial charge in [-0.1, -0.05) is 6.07 Å². The van der Waals surface area contributed by atoms with Crippen LogP contribution in [0.15, 0.2) is 23.3 Å². The molecule has 2 unspecified atom stereocenters. The number of hydrogen-bond donors (Lipinski definition) is 1. The van der Waals surface area contributed by atoms with Crippen molar-refractivity contribution >= 4 is 5.96 Å².